The molecule has 1 unspecified atom stereocenters. The van der Waals surface area contributed by atoms with Crippen LogP contribution in [0.1, 0.15) is 83.6 Å². The van der Waals surface area contributed by atoms with Gasteiger partial charge in [0.1, 0.15) is 24.2 Å². The van der Waals surface area contributed by atoms with E-state index in [0.29, 0.717) is 32.2 Å². The van der Waals surface area contributed by atoms with Gasteiger partial charge in [-0.1, -0.05) is 38.6 Å². The number of allylic oxidation sites excluding steroid dienone is 1. The molecule has 1 aromatic carbocycles. The molecule has 1 aliphatic rings. The second-order valence-corrected chi connectivity index (χ2v) is 11.4. The Hall–Kier alpha value is -4.05. The average molecular weight is 592 g/mol. The number of benzene rings is 1. The van der Waals surface area contributed by atoms with E-state index in [1.807, 2.05) is 51.1 Å². The molecule has 43 heavy (non-hydrogen) atoms. The molecule has 2 heterocycles. The van der Waals surface area contributed by atoms with Crippen LogP contribution in [0.2, 0.25) is 0 Å². The van der Waals surface area contributed by atoms with Crippen molar-refractivity contribution in [1.82, 2.24) is 26.1 Å². The van der Waals surface area contributed by atoms with Crippen LogP contribution in [0.4, 0.5) is 0 Å². The predicted octanol–water partition coefficient (Wildman–Crippen LogP) is 4.37. The third kappa shape index (κ3) is 9.47. The van der Waals surface area contributed by atoms with Crippen molar-refractivity contribution in [3.05, 3.63) is 61.0 Å². The van der Waals surface area contributed by atoms with E-state index in [2.05, 4.69) is 34.2 Å². The van der Waals surface area contributed by atoms with E-state index in [4.69, 9.17) is 4.74 Å². The molecule has 3 amide bonds. The second-order valence-electron chi connectivity index (χ2n) is 11.4. The Balaban J connectivity index is 1.55. The number of hydrogen-bond acceptors (Lipinski definition) is 7. The monoisotopic (exact) mass is 591 g/mol. The van der Waals surface area contributed by atoms with Gasteiger partial charge < -0.3 is 15.4 Å². The highest BCUT2D eigenvalue weighted by Crippen LogP contribution is 2.24. The zero-order valence-electron chi connectivity index (χ0n) is 25.7. The van der Waals surface area contributed by atoms with Gasteiger partial charge in [0, 0.05) is 24.5 Å². The van der Waals surface area contributed by atoms with Crippen LogP contribution in [-0.2, 0) is 23.9 Å². The number of ether oxygens (including phenoxy) is 1. The summed E-state index contributed by atoms with van der Waals surface area (Å²) in [6.07, 6.45) is 8.59. The molecule has 0 radical (unpaired) electrons. The summed E-state index contributed by atoms with van der Waals surface area (Å²) in [6.45, 7) is 14.9. The number of amides is 3. The van der Waals surface area contributed by atoms with Crippen molar-refractivity contribution < 1.29 is 23.9 Å². The van der Waals surface area contributed by atoms with Crippen LogP contribution in [0.5, 0.6) is 0 Å². The zero-order chi connectivity index (χ0) is 31.5. The molecule has 1 aromatic heterocycles. The highest BCUT2D eigenvalue weighted by atomic mass is 16.5. The first kappa shape index (κ1) is 33.5. The molecular formula is C33H45N5O5. The summed E-state index contributed by atoms with van der Waals surface area (Å²) in [5.41, 5.74) is 4.59. The quantitative estimate of drug-likeness (QED) is 0.169. The number of nitrogens with zero attached hydrogens (tertiary/aromatic N) is 2. The van der Waals surface area contributed by atoms with Crippen LogP contribution in [0, 0.1) is 5.92 Å². The SMILES string of the molecule is C=CCCCCC(=O)NC(C(=O)N[C@@H](C)C(=O)N1CCC[C@@H](C(=O)O[C@H](C)c2ccc3cnc(C=C)cc3c2)N1)C(C)C. The highest BCUT2D eigenvalue weighted by Gasteiger charge is 2.33. The fourth-order valence-corrected chi connectivity index (χ4v) is 4.93. The fraction of sp³-hybridized carbons (Fsp3) is 0.485. The van der Waals surface area contributed by atoms with E-state index in [0.717, 1.165) is 34.9 Å². The Labute approximate surface area is 254 Å². The lowest BCUT2D eigenvalue weighted by molar-refractivity contribution is -0.157. The van der Waals surface area contributed by atoms with E-state index < -0.39 is 36.1 Å². The van der Waals surface area contributed by atoms with Crippen molar-refractivity contribution in [3.8, 4) is 0 Å². The second kappa shape index (κ2) is 16.0. The van der Waals surface area contributed by atoms with Crippen molar-refractivity contribution in [1.29, 1.82) is 0 Å². The third-order valence-electron chi connectivity index (χ3n) is 7.53. The first-order chi connectivity index (χ1) is 20.5. The molecule has 1 saturated heterocycles. The molecule has 1 aliphatic heterocycles. The lowest BCUT2D eigenvalue weighted by Gasteiger charge is -2.35. The van der Waals surface area contributed by atoms with Crippen molar-refractivity contribution in [2.45, 2.75) is 90.4 Å². The first-order valence-corrected chi connectivity index (χ1v) is 15.0. The lowest BCUT2D eigenvalue weighted by Crippen LogP contribution is -2.61. The number of unbranched alkanes of at least 4 members (excludes halogenated alkanes) is 2. The molecule has 3 N–H and O–H groups in total. The van der Waals surface area contributed by atoms with Gasteiger partial charge in [0.05, 0.1) is 5.69 Å². The Bertz CT molecular complexity index is 1330. The van der Waals surface area contributed by atoms with Gasteiger partial charge in [-0.05, 0) is 81.0 Å². The van der Waals surface area contributed by atoms with Crippen molar-refractivity contribution in [2.24, 2.45) is 5.92 Å². The number of carbonyl (C=O) groups excluding carboxylic acids is 4. The Kier molecular flexibility index (Phi) is 12.4. The summed E-state index contributed by atoms with van der Waals surface area (Å²) < 4.78 is 5.78. The van der Waals surface area contributed by atoms with E-state index in [1.165, 1.54) is 5.01 Å². The van der Waals surface area contributed by atoms with Gasteiger partial charge in [-0.15, -0.1) is 6.58 Å². The van der Waals surface area contributed by atoms with E-state index in [9.17, 15) is 19.2 Å². The van der Waals surface area contributed by atoms with Crippen LogP contribution in [0.25, 0.3) is 16.8 Å². The topological polar surface area (TPSA) is 130 Å². The van der Waals surface area contributed by atoms with Crippen LogP contribution in [0.15, 0.2) is 49.7 Å². The van der Waals surface area contributed by atoms with Crippen molar-refractivity contribution >= 4 is 40.5 Å². The smallest absolute Gasteiger partial charge is 0.325 e. The third-order valence-corrected chi connectivity index (χ3v) is 7.53. The highest BCUT2D eigenvalue weighted by molar-refractivity contribution is 5.92. The number of nitrogens with one attached hydrogen (secondary N) is 3. The van der Waals surface area contributed by atoms with Gasteiger partial charge in [0.15, 0.2) is 0 Å². The van der Waals surface area contributed by atoms with E-state index in [-0.39, 0.29) is 17.7 Å². The number of aromatic nitrogens is 1. The molecule has 232 valence electrons. The van der Waals surface area contributed by atoms with Gasteiger partial charge in [-0.2, -0.15) is 0 Å². The fourth-order valence-electron chi connectivity index (χ4n) is 4.93. The van der Waals surface area contributed by atoms with Gasteiger partial charge in [-0.3, -0.25) is 29.2 Å². The molecular weight excluding hydrogens is 546 g/mol. The first-order valence-electron chi connectivity index (χ1n) is 15.0. The molecule has 1 fully saturated rings. The molecule has 10 heteroatoms. The standard InChI is InChI=1S/C33H45N5O5/c1-7-9-10-11-14-29(39)36-30(21(3)4)31(40)35-22(5)32(41)38-17-12-13-28(37-38)33(42)43-23(6)24-15-16-25-20-34-27(8-2)19-26(25)18-24/h7-8,15-16,18-23,28,30,37H,1-2,9-14,17H2,3-6H3,(H,35,40)(H,36,39)/t22-,23+,28-,30?/m0/s1. The maximum absolute atomic E-state index is 13.2. The summed E-state index contributed by atoms with van der Waals surface area (Å²) >= 11 is 0. The van der Waals surface area contributed by atoms with Crippen molar-refractivity contribution in [2.75, 3.05) is 6.54 Å². The van der Waals surface area contributed by atoms with Gasteiger partial charge in [0.25, 0.3) is 5.91 Å². The minimum Gasteiger partial charge on any atom is -0.457 e. The summed E-state index contributed by atoms with van der Waals surface area (Å²) in [6, 6.07) is 5.39. The molecule has 0 saturated carbocycles. The maximum atomic E-state index is 13.2. The Morgan fingerprint density at radius 2 is 1.86 bits per heavy atom. The molecule has 2 aromatic rings. The number of rotatable bonds is 14. The van der Waals surface area contributed by atoms with Gasteiger partial charge >= 0.3 is 5.97 Å². The van der Waals surface area contributed by atoms with Gasteiger partial charge in [-0.25, -0.2) is 5.43 Å². The number of carbonyl (C=O) groups is 4. The normalized spacial score (nSPS) is 17.0. The number of hydrogen-bond donors (Lipinski definition) is 3. The summed E-state index contributed by atoms with van der Waals surface area (Å²) in [5, 5.41) is 8.84. The Morgan fingerprint density at radius 1 is 1.09 bits per heavy atom. The number of pyridine rings is 1. The lowest BCUT2D eigenvalue weighted by atomic mass is 10.0. The zero-order valence-corrected chi connectivity index (χ0v) is 25.7. The van der Waals surface area contributed by atoms with Crippen LogP contribution < -0.4 is 16.1 Å². The number of fused-ring (bicyclic) bond motifs is 1. The average Bonchev–Trinajstić information content (AvgIpc) is 3.00. The summed E-state index contributed by atoms with van der Waals surface area (Å²) in [4.78, 5) is 56.0. The maximum Gasteiger partial charge on any atom is 0.325 e. The molecule has 0 aliphatic carbocycles. The molecule has 3 rings (SSSR count). The molecule has 10 nitrogen and oxygen atoms in total. The van der Waals surface area contributed by atoms with E-state index in [1.54, 1.807) is 19.2 Å². The van der Waals surface area contributed by atoms with Crippen LogP contribution in [-0.4, -0.2) is 58.4 Å². The molecule has 4 atom stereocenters. The largest absolute Gasteiger partial charge is 0.457 e. The predicted molar refractivity (Wildman–Crippen MR) is 167 cm³/mol. The molecule has 0 bridgehead atoms. The van der Waals surface area contributed by atoms with Gasteiger partial charge in [0.2, 0.25) is 11.8 Å². The summed E-state index contributed by atoms with van der Waals surface area (Å²) in [7, 11) is 0. The minimum absolute atomic E-state index is 0.169. The number of hydrazine groups is 1. The molecule has 0 spiro atoms. The Morgan fingerprint density at radius 3 is 2.56 bits per heavy atom. The minimum atomic E-state index is -0.869. The van der Waals surface area contributed by atoms with Crippen LogP contribution >= 0.6 is 0 Å². The van der Waals surface area contributed by atoms with E-state index >= 15 is 0 Å². The van der Waals surface area contributed by atoms with Crippen molar-refractivity contribution in [3.63, 3.8) is 0 Å². The van der Waals surface area contributed by atoms with Crippen LogP contribution in [0.3, 0.4) is 0 Å². The summed E-state index contributed by atoms with van der Waals surface area (Å²) in [5.74, 6) is -1.63. The number of esters is 1.